The average Bonchev–Trinajstić information content (AvgIpc) is 3.15. The number of aromatic nitrogens is 3. The highest BCUT2D eigenvalue weighted by Gasteiger charge is 2.18. The quantitative estimate of drug-likeness (QED) is 0.572. The van der Waals surface area contributed by atoms with Crippen molar-refractivity contribution in [1.82, 2.24) is 14.8 Å². The maximum absolute atomic E-state index is 9.07. The fourth-order valence-corrected chi connectivity index (χ4v) is 3.46. The molecule has 1 atom stereocenters. The van der Waals surface area contributed by atoms with Crippen LogP contribution in [0.5, 0.6) is 11.5 Å². The molecule has 138 valence electrons. The first-order valence-electron chi connectivity index (χ1n) is 8.43. The predicted octanol–water partition coefficient (Wildman–Crippen LogP) is 4.20. The van der Waals surface area contributed by atoms with Gasteiger partial charge in [-0.2, -0.15) is 5.26 Å². The number of thioether (sulfide) groups is 1. The molecule has 0 aliphatic carbocycles. The van der Waals surface area contributed by atoms with Gasteiger partial charge in [-0.3, -0.25) is 4.57 Å². The third-order valence-electron chi connectivity index (χ3n) is 3.97. The summed E-state index contributed by atoms with van der Waals surface area (Å²) < 4.78 is 12.8. The van der Waals surface area contributed by atoms with Gasteiger partial charge in [-0.15, -0.1) is 10.2 Å². The molecule has 2 aromatic carbocycles. The van der Waals surface area contributed by atoms with Gasteiger partial charge in [0, 0.05) is 17.4 Å². The Hall–Kier alpha value is -2.98. The molecule has 0 amide bonds. The van der Waals surface area contributed by atoms with E-state index < -0.39 is 0 Å². The van der Waals surface area contributed by atoms with E-state index in [1.165, 1.54) is 11.8 Å². The topological polar surface area (TPSA) is 73.0 Å². The van der Waals surface area contributed by atoms with Crippen molar-refractivity contribution >= 4 is 11.8 Å². The van der Waals surface area contributed by atoms with Gasteiger partial charge < -0.3 is 9.47 Å². The van der Waals surface area contributed by atoms with E-state index in [-0.39, 0.29) is 5.92 Å². The normalized spacial score (nSPS) is 11.6. The van der Waals surface area contributed by atoms with Crippen LogP contribution in [0.1, 0.15) is 6.92 Å². The van der Waals surface area contributed by atoms with Crippen molar-refractivity contribution in [3.05, 3.63) is 48.5 Å². The van der Waals surface area contributed by atoms with Crippen molar-refractivity contribution in [3.8, 4) is 34.6 Å². The Morgan fingerprint density at radius 3 is 2.48 bits per heavy atom. The fourth-order valence-electron chi connectivity index (χ4n) is 2.57. The van der Waals surface area contributed by atoms with E-state index in [4.69, 9.17) is 14.7 Å². The van der Waals surface area contributed by atoms with Crippen LogP contribution in [-0.2, 0) is 0 Å². The van der Waals surface area contributed by atoms with E-state index in [9.17, 15) is 0 Å². The summed E-state index contributed by atoms with van der Waals surface area (Å²) in [4.78, 5) is 0. The number of nitriles is 1. The Labute approximate surface area is 162 Å². The lowest BCUT2D eigenvalue weighted by molar-refractivity contribution is 0.355. The minimum Gasteiger partial charge on any atom is -0.493 e. The van der Waals surface area contributed by atoms with Crippen LogP contribution in [0.25, 0.3) is 17.1 Å². The van der Waals surface area contributed by atoms with E-state index in [1.54, 1.807) is 14.2 Å². The number of hydrogen-bond acceptors (Lipinski definition) is 6. The lowest BCUT2D eigenvalue weighted by Gasteiger charge is -2.14. The van der Waals surface area contributed by atoms with Crippen LogP contribution in [0.4, 0.5) is 0 Å². The molecule has 0 unspecified atom stereocenters. The third-order valence-corrected chi connectivity index (χ3v) is 5.16. The second-order valence-corrected chi connectivity index (χ2v) is 6.88. The van der Waals surface area contributed by atoms with Crippen molar-refractivity contribution in [3.63, 3.8) is 0 Å². The Balaban J connectivity index is 2.10. The average molecular weight is 380 g/mol. The van der Waals surface area contributed by atoms with Crippen LogP contribution in [0.2, 0.25) is 0 Å². The van der Waals surface area contributed by atoms with Crippen molar-refractivity contribution in [2.24, 2.45) is 5.92 Å². The molecule has 0 saturated heterocycles. The van der Waals surface area contributed by atoms with Gasteiger partial charge in [0.25, 0.3) is 0 Å². The summed E-state index contributed by atoms with van der Waals surface area (Å²) in [6.45, 7) is 1.89. The lowest BCUT2D eigenvalue weighted by Crippen LogP contribution is -2.02. The van der Waals surface area contributed by atoms with Crippen molar-refractivity contribution < 1.29 is 9.47 Å². The van der Waals surface area contributed by atoms with E-state index in [0.717, 1.165) is 22.2 Å². The summed E-state index contributed by atoms with van der Waals surface area (Å²) >= 11 is 1.51. The number of nitrogens with zero attached hydrogens (tertiary/aromatic N) is 4. The number of ether oxygens (including phenoxy) is 2. The van der Waals surface area contributed by atoms with E-state index in [1.807, 2.05) is 60.0 Å². The molecule has 3 rings (SSSR count). The maximum atomic E-state index is 9.07. The lowest BCUT2D eigenvalue weighted by atomic mass is 10.2. The molecule has 7 heteroatoms. The second-order valence-electron chi connectivity index (χ2n) is 5.89. The Bertz CT molecular complexity index is 950. The van der Waals surface area contributed by atoms with Crippen LogP contribution < -0.4 is 9.47 Å². The summed E-state index contributed by atoms with van der Waals surface area (Å²) in [6, 6.07) is 17.8. The Kier molecular flexibility index (Phi) is 5.99. The molecule has 0 radical (unpaired) electrons. The van der Waals surface area contributed by atoms with E-state index in [0.29, 0.717) is 17.3 Å². The summed E-state index contributed by atoms with van der Waals surface area (Å²) in [5, 5.41) is 18.6. The minimum absolute atomic E-state index is 0.0780. The predicted molar refractivity (Wildman–Crippen MR) is 105 cm³/mol. The molecule has 0 N–H and O–H groups in total. The molecule has 27 heavy (non-hydrogen) atoms. The van der Waals surface area contributed by atoms with Crippen LogP contribution in [0.15, 0.2) is 53.7 Å². The number of methoxy groups -OCH3 is 2. The zero-order valence-electron chi connectivity index (χ0n) is 15.4. The number of benzene rings is 2. The summed E-state index contributed by atoms with van der Waals surface area (Å²) in [5.41, 5.74) is 1.82. The van der Waals surface area contributed by atoms with Gasteiger partial charge in [0.2, 0.25) is 0 Å². The first-order chi connectivity index (χ1) is 13.2. The van der Waals surface area contributed by atoms with Gasteiger partial charge in [-0.25, -0.2) is 0 Å². The molecule has 1 aromatic heterocycles. The highest BCUT2D eigenvalue weighted by Crippen LogP contribution is 2.34. The van der Waals surface area contributed by atoms with Crippen molar-refractivity contribution in [2.45, 2.75) is 12.1 Å². The van der Waals surface area contributed by atoms with Crippen LogP contribution in [0, 0.1) is 17.2 Å². The van der Waals surface area contributed by atoms with Gasteiger partial charge in [-0.1, -0.05) is 42.1 Å². The van der Waals surface area contributed by atoms with E-state index >= 15 is 0 Å². The highest BCUT2D eigenvalue weighted by molar-refractivity contribution is 7.99. The summed E-state index contributed by atoms with van der Waals surface area (Å²) in [7, 11) is 3.21. The smallest absolute Gasteiger partial charge is 0.196 e. The molecule has 0 fully saturated rings. The van der Waals surface area contributed by atoms with Crippen molar-refractivity contribution in [1.29, 1.82) is 5.26 Å². The van der Waals surface area contributed by atoms with Gasteiger partial charge >= 0.3 is 0 Å². The van der Waals surface area contributed by atoms with Crippen LogP contribution in [0.3, 0.4) is 0 Å². The molecule has 0 saturated carbocycles. The first-order valence-corrected chi connectivity index (χ1v) is 9.42. The molecule has 0 aliphatic rings. The SMILES string of the molecule is COc1ccc(-n2c(SC[C@H](C)C#N)nnc2-c2ccccc2)cc1OC. The summed E-state index contributed by atoms with van der Waals surface area (Å²) in [6.07, 6.45) is 0. The summed E-state index contributed by atoms with van der Waals surface area (Å²) in [5.74, 6) is 2.57. The van der Waals surface area contributed by atoms with Gasteiger partial charge in [0.15, 0.2) is 22.5 Å². The monoisotopic (exact) mass is 380 g/mol. The Morgan fingerprint density at radius 2 is 1.81 bits per heavy atom. The molecule has 6 nitrogen and oxygen atoms in total. The fraction of sp³-hybridized carbons (Fsp3) is 0.250. The zero-order chi connectivity index (χ0) is 19.2. The largest absolute Gasteiger partial charge is 0.493 e. The number of hydrogen-bond donors (Lipinski definition) is 0. The van der Waals surface area contributed by atoms with Gasteiger partial charge in [0.05, 0.1) is 31.9 Å². The zero-order valence-corrected chi connectivity index (χ0v) is 16.2. The number of rotatable bonds is 7. The van der Waals surface area contributed by atoms with Gasteiger partial charge in [0.1, 0.15) is 0 Å². The minimum atomic E-state index is -0.0780. The molecule has 3 aromatic rings. The third kappa shape index (κ3) is 4.07. The van der Waals surface area contributed by atoms with Gasteiger partial charge in [-0.05, 0) is 19.1 Å². The van der Waals surface area contributed by atoms with Crippen LogP contribution >= 0.6 is 11.8 Å². The molecule has 0 bridgehead atoms. The molecule has 0 spiro atoms. The highest BCUT2D eigenvalue weighted by atomic mass is 32.2. The molecule has 0 aliphatic heterocycles. The van der Waals surface area contributed by atoms with Crippen molar-refractivity contribution in [2.75, 3.05) is 20.0 Å². The maximum Gasteiger partial charge on any atom is 0.196 e. The van der Waals surface area contributed by atoms with Crippen LogP contribution in [-0.4, -0.2) is 34.7 Å². The standard InChI is InChI=1S/C20H20N4O2S/c1-14(12-21)13-27-20-23-22-19(15-7-5-4-6-8-15)24(20)16-9-10-17(25-2)18(11-16)26-3/h4-11,14H,13H2,1-3H3/t14-/m1/s1. The first kappa shape index (κ1) is 18.8. The Morgan fingerprint density at radius 1 is 1.07 bits per heavy atom. The van der Waals surface area contributed by atoms with E-state index in [2.05, 4.69) is 16.3 Å². The second kappa shape index (κ2) is 8.60. The molecular weight excluding hydrogens is 360 g/mol. The molecular formula is C20H20N4O2S. The molecule has 1 heterocycles.